The zero-order valence-electron chi connectivity index (χ0n) is 9.77. The van der Waals surface area contributed by atoms with Crippen LogP contribution in [0.3, 0.4) is 0 Å². The number of aryl methyl sites for hydroxylation is 1. The van der Waals surface area contributed by atoms with E-state index in [0.717, 1.165) is 12.1 Å². The van der Waals surface area contributed by atoms with E-state index in [1.807, 2.05) is 0 Å². The van der Waals surface area contributed by atoms with E-state index in [0.29, 0.717) is 5.56 Å². The molecule has 1 aromatic carbocycles. The van der Waals surface area contributed by atoms with Crippen molar-refractivity contribution in [1.29, 1.82) is 5.26 Å². The molecule has 0 saturated carbocycles. The van der Waals surface area contributed by atoms with Crippen LogP contribution in [-0.4, -0.2) is 17.7 Å². The number of para-hydroxylation sites is 1. The zero-order valence-corrected chi connectivity index (χ0v) is 9.77. The highest BCUT2D eigenvalue weighted by Gasteiger charge is 2.41. The number of nitro groups is 1. The number of ether oxygens (including phenoxy) is 1. The summed E-state index contributed by atoms with van der Waals surface area (Å²) in [5.74, 6) is -2.58. The lowest BCUT2D eigenvalue weighted by Crippen LogP contribution is -2.27. The summed E-state index contributed by atoms with van der Waals surface area (Å²) in [6.07, 6.45) is -4.73. The van der Waals surface area contributed by atoms with Crippen molar-refractivity contribution in [3.63, 3.8) is 0 Å². The molecule has 1 rings (SSSR count). The fraction of sp³-hybridized carbons (Fsp3) is 0.364. The molecule has 0 spiro atoms. The molecule has 0 radical (unpaired) electrons. The molecule has 0 amide bonds. The van der Waals surface area contributed by atoms with Crippen molar-refractivity contribution < 1.29 is 22.8 Å². The van der Waals surface area contributed by atoms with E-state index in [-0.39, 0.29) is 5.75 Å². The van der Waals surface area contributed by atoms with Crippen molar-refractivity contribution in [1.82, 2.24) is 0 Å². The van der Waals surface area contributed by atoms with Gasteiger partial charge in [-0.1, -0.05) is 12.1 Å². The minimum Gasteiger partial charge on any atom is -0.485 e. The Hall–Kier alpha value is -2.30. The Labute approximate surface area is 106 Å². The first-order chi connectivity index (χ1) is 8.77. The van der Waals surface area contributed by atoms with Gasteiger partial charge < -0.3 is 4.74 Å². The lowest BCUT2D eigenvalue weighted by Gasteiger charge is -2.15. The largest absolute Gasteiger partial charge is 0.485 e. The van der Waals surface area contributed by atoms with E-state index in [2.05, 4.69) is 0 Å². The summed E-state index contributed by atoms with van der Waals surface area (Å²) in [5, 5.41) is 19.1. The van der Waals surface area contributed by atoms with Crippen LogP contribution < -0.4 is 4.74 Å². The van der Waals surface area contributed by atoms with Gasteiger partial charge in [-0.15, -0.1) is 0 Å². The number of hydrogen-bond acceptors (Lipinski definition) is 4. The van der Waals surface area contributed by atoms with E-state index in [1.165, 1.54) is 19.1 Å². The Balaban J connectivity index is 2.95. The molecule has 1 aromatic rings. The normalized spacial score (nSPS) is 12.6. The summed E-state index contributed by atoms with van der Waals surface area (Å²) in [6, 6.07) is 5.05. The summed E-state index contributed by atoms with van der Waals surface area (Å²) >= 11 is 0. The molecule has 0 aliphatic rings. The molecule has 0 aromatic heterocycles. The van der Waals surface area contributed by atoms with E-state index in [9.17, 15) is 23.3 Å². The monoisotopic (exact) mass is 274 g/mol. The highest BCUT2D eigenvalue weighted by Crippen LogP contribution is 2.32. The molecule has 5 nitrogen and oxygen atoms in total. The second-order valence-corrected chi connectivity index (χ2v) is 3.71. The summed E-state index contributed by atoms with van der Waals surface area (Å²) < 4.78 is 41.9. The number of nitrogens with zero attached hydrogens (tertiary/aromatic N) is 2. The molecule has 1 atom stereocenters. The summed E-state index contributed by atoms with van der Waals surface area (Å²) in [6.45, 7) is 0.489. The zero-order chi connectivity index (χ0) is 14.6. The molecular weight excluding hydrogens is 265 g/mol. The fourth-order valence-electron chi connectivity index (χ4n) is 1.34. The van der Waals surface area contributed by atoms with Crippen LogP contribution in [0.25, 0.3) is 0 Å². The first-order valence-corrected chi connectivity index (χ1v) is 5.10. The average Bonchev–Trinajstić information content (AvgIpc) is 2.29. The number of nitro benzene ring substituents is 1. The van der Waals surface area contributed by atoms with Gasteiger partial charge in [-0.3, -0.25) is 10.1 Å². The Morgan fingerprint density at radius 2 is 2.16 bits per heavy atom. The third-order valence-corrected chi connectivity index (χ3v) is 2.33. The van der Waals surface area contributed by atoms with Crippen LogP contribution in [0, 0.1) is 34.3 Å². The van der Waals surface area contributed by atoms with E-state index in [1.54, 1.807) is 0 Å². The van der Waals surface area contributed by atoms with Crippen LogP contribution in [0.4, 0.5) is 18.9 Å². The minimum atomic E-state index is -4.73. The molecule has 0 fully saturated rings. The molecule has 0 N–H and O–H groups in total. The first kappa shape index (κ1) is 14.8. The highest BCUT2D eigenvalue weighted by atomic mass is 19.4. The minimum absolute atomic E-state index is 0.253. The highest BCUT2D eigenvalue weighted by molar-refractivity contribution is 5.51. The van der Waals surface area contributed by atoms with Gasteiger partial charge in [0.25, 0.3) is 0 Å². The molecule has 19 heavy (non-hydrogen) atoms. The number of hydrogen-bond donors (Lipinski definition) is 0. The fourth-order valence-corrected chi connectivity index (χ4v) is 1.34. The van der Waals surface area contributed by atoms with Gasteiger partial charge in [0.2, 0.25) is 0 Å². The average molecular weight is 274 g/mol. The van der Waals surface area contributed by atoms with Crippen molar-refractivity contribution in [2.75, 3.05) is 6.61 Å². The molecular formula is C11H9F3N2O3. The van der Waals surface area contributed by atoms with Gasteiger partial charge in [0.05, 0.1) is 11.0 Å². The second-order valence-electron chi connectivity index (χ2n) is 3.71. The molecule has 0 saturated heterocycles. The van der Waals surface area contributed by atoms with Gasteiger partial charge in [-0.05, 0) is 12.5 Å². The Morgan fingerprint density at radius 3 is 2.63 bits per heavy atom. The van der Waals surface area contributed by atoms with Gasteiger partial charge >= 0.3 is 11.9 Å². The standard InChI is InChI=1S/C11H9F3N2O3/c1-7-3-2-4-9(16(17)18)10(7)19-6-8(5-15)11(12,13)14/h2-4,8H,6H2,1H3. The number of halogens is 3. The SMILES string of the molecule is Cc1cccc([N+](=O)[O-])c1OCC(C#N)C(F)(F)F. The molecule has 0 bridgehead atoms. The quantitative estimate of drug-likeness (QED) is 0.624. The number of benzene rings is 1. The van der Waals surface area contributed by atoms with Crippen LogP contribution in [0.5, 0.6) is 5.75 Å². The Bertz CT molecular complexity index is 523. The molecule has 102 valence electrons. The predicted octanol–water partition coefficient (Wildman–Crippen LogP) is 2.98. The van der Waals surface area contributed by atoms with Gasteiger partial charge in [0, 0.05) is 6.07 Å². The van der Waals surface area contributed by atoms with Crippen molar-refractivity contribution in [3.05, 3.63) is 33.9 Å². The number of alkyl halides is 3. The molecule has 1 unspecified atom stereocenters. The van der Waals surface area contributed by atoms with E-state index in [4.69, 9.17) is 10.00 Å². The summed E-state index contributed by atoms with van der Waals surface area (Å²) in [7, 11) is 0. The van der Waals surface area contributed by atoms with Crippen LogP contribution in [0.2, 0.25) is 0 Å². The van der Waals surface area contributed by atoms with Crippen LogP contribution in [0.1, 0.15) is 5.56 Å². The van der Waals surface area contributed by atoms with Crippen molar-refractivity contribution in [2.24, 2.45) is 5.92 Å². The number of rotatable bonds is 4. The maximum absolute atomic E-state index is 12.3. The van der Waals surface area contributed by atoms with E-state index >= 15 is 0 Å². The van der Waals surface area contributed by atoms with Crippen LogP contribution in [-0.2, 0) is 0 Å². The molecule has 0 heterocycles. The molecule has 8 heteroatoms. The maximum atomic E-state index is 12.3. The van der Waals surface area contributed by atoms with Crippen molar-refractivity contribution in [2.45, 2.75) is 13.1 Å². The van der Waals surface area contributed by atoms with Crippen LogP contribution >= 0.6 is 0 Å². The van der Waals surface area contributed by atoms with Crippen molar-refractivity contribution >= 4 is 5.69 Å². The molecule has 0 aliphatic heterocycles. The van der Waals surface area contributed by atoms with Gasteiger partial charge in [-0.25, -0.2) is 0 Å². The smallest absolute Gasteiger partial charge is 0.407 e. The second kappa shape index (κ2) is 5.56. The van der Waals surface area contributed by atoms with Gasteiger partial charge in [0.1, 0.15) is 6.61 Å². The van der Waals surface area contributed by atoms with E-state index < -0.39 is 29.3 Å². The van der Waals surface area contributed by atoms with Gasteiger partial charge in [0.15, 0.2) is 11.7 Å². The summed E-state index contributed by atoms with van der Waals surface area (Å²) in [4.78, 5) is 9.97. The third-order valence-electron chi connectivity index (χ3n) is 2.33. The first-order valence-electron chi connectivity index (χ1n) is 5.10. The molecule has 0 aliphatic carbocycles. The van der Waals surface area contributed by atoms with Crippen LogP contribution in [0.15, 0.2) is 18.2 Å². The Kier molecular flexibility index (Phi) is 4.32. The lowest BCUT2D eigenvalue weighted by molar-refractivity contribution is -0.386. The predicted molar refractivity (Wildman–Crippen MR) is 58.5 cm³/mol. The Morgan fingerprint density at radius 1 is 1.53 bits per heavy atom. The third kappa shape index (κ3) is 3.58. The van der Waals surface area contributed by atoms with Crippen molar-refractivity contribution in [3.8, 4) is 11.8 Å². The topological polar surface area (TPSA) is 76.2 Å². The number of nitriles is 1. The maximum Gasteiger partial charge on any atom is 0.407 e. The summed E-state index contributed by atoms with van der Waals surface area (Å²) in [5.41, 5.74) is -0.105. The van der Waals surface area contributed by atoms with Gasteiger partial charge in [-0.2, -0.15) is 18.4 Å². The lowest BCUT2D eigenvalue weighted by atomic mass is 10.1.